The first-order valence-corrected chi connectivity index (χ1v) is 7.93. The topological polar surface area (TPSA) is 74.2 Å². The third kappa shape index (κ3) is 3.77. The van der Waals surface area contributed by atoms with Crippen LogP contribution < -0.4 is 10.6 Å². The number of benzene rings is 2. The summed E-state index contributed by atoms with van der Waals surface area (Å²) in [6.07, 6.45) is 1.57. The van der Waals surface area contributed by atoms with E-state index in [0.29, 0.717) is 11.5 Å². The van der Waals surface area contributed by atoms with Gasteiger partial charge in [-0.1, -0.05) is 24.3 Å². The zero-order valence-electron chi connectivity index (χ0n) is 14.1. The molecule has 0 radical (unpaired) electrons. The van der Waals surface area contributed by atoms with Crippen LogP contribution in [0.2, 0.25) is 0 Å². The van der Waals surface area contributed by atoms with Crippen LogP contribution in [0.1, 0.15) is 21.5 Å². The van der Waals surface area contributed by atoms with Gasteiger partial charge < -0.3 is 15.7 Å². The van der Waals surface area contributed by atoms with Gasteiger partial charge in [0, 0.05) is 5.69 Å². The number of nitrogens with one attached hydrogen (secondary N) is 2. The van der Waals surface area contributed by atoms with Gasteiger partial charge in [-0.15, -0.1) is 0 Å². The monoisotopic (exact) mass is 333 g/mol. The van der Waals surface area contributed by atoms with E-state index in [-0.39, 0.29) is 17.2 Å². The van der Waals surface area contributed by atoms with Crippen LogP contribution in [0.15, 0.2) is 60.8 Å². The Morgan fingerprint density at radius 2 is 1.80 bits per heavy atom. The number of carbonyl (C=O) groups excluding carboxylic acids is 1. The summed E-state index contributed by atoms with van der Waals surface area (Å²) in [5.74, 6) is 0.255. The summed E-state index contributed by atoms with van der Waals surface area (Å²) >= 11 is 0. The number of hydrogen-bond donors (Lipinski definition) is 3. The lowest BCUT2D eigenvalue weighted by atomic mass is 10.1. The molecule has 1 amide bonds. The van der Waals surface area contributed by atoms with Crippen molar-refractivity contribution in [3.8, 4) is 5.75 Å². The molecule has 5 heteroatoms. The van der Waals surface area contributed by atoms with E-state index in [1.54, 1.807) is 36.5 Å². The van der Waals surface area contributed by atoms with Crippen LogP contribution in [0.25, 0.3) is 0 Å². The van der Waals surface area contributed by atoms with E-state index in [4.69, 9.17) is 0 Å². The second-order valence-electron chi connectivity index (χ2n) is 5.78. The molecule has 0 spiro atoms. The highest BCUT2D eigenvalue weighted by molar-refractivity contribution is 6.06. The zero-order valence-corrected chi connectivity index (χ0v) is 14.1. The first-order chi connectivity index (χ1) is 12.0. The number of aromatic nitrogens is 1. The maximum absolute atomic E-state index is 12.2. The number of phenolic OH excluding ortho intramolecular Hbond substituents is 1. The van der Waals surface area contributed by atoms with Crippen molar-refractivity contribution in [3.05, 3.63) is 77.5 Å². The number of para-hydroxylation sites is 1. The van der Waals surface area contributed by atoms with Gasteiger partial charge in [-0.25, -0.2) is 4.98 Å². The number of nitrogens with zero attached hydrogens (tertiary/aromatic N) is 1. The fourth-order valence-electron chi connectivity index (χ4n) is 2.43. The van der Waals surface area contributed by atoms with Crippen LogP contribution in [0.5, 0.6) is 5.75 Å². The summed E-state index contributed by atoms with van der Waals surface area (Å²) < 4.78 is 0. The van der Waals surface area contributed by atoms with Crippen molar-refractivity contribution >= 4 is 23.1 Å². The molecule has 0 fully saturated rings. The molecule has 2 aromatic carbocycles. The van der Waals surface area contributed by atoms with E-state index in [1.807, 2.05) is 12.1 Å². The number of carbonyl (C=O) groups is 1. The van der Waals surface area contributed by atoms with Crippen molar-refractivity contribution < 1.29 is 9.90 Å². The second-order valence-corrected chi connectivity index (χ2v) is 5.78. The molecule has 25 heavy (non-hydrogen) atoms. The summed E-state index contributed by atoms with van der Waals surface area (Å²) in [4.78, 5) is 16.5. The van der Waals surface area contributed by atoms with E-state index in [2.05, 4.69) is 35.5 Å². The predicted octanol–water partition coefficient (Wildman–Crippen LogP) is 4.40. The lowest BCUT2D eigenvalue weighted by Gasteiger charge is -2.11. The maximum Gasteiger partial charge on any atom is 0.259 e. The van der Waals surface area contributed by atoms with Gasteiger partial charge in [0.1, 0.15) is 11.6 Å². The smallest absolute Gasteiger partial charge is 0.259 e. The van der Waals surface area contributed by atoms with Gasteiger partial charge in [0.25, 0.3) is 5.91 Å². The number of rotatable bonds is 4. The summed E-state index contributed by atoms with van der Waals surface area (Å²) in [5, 5.41) is 15.7. The van der Waals surface area contributed by atoms with Crippen LogP contribution in [0, 0.1) is 13.8 Å². The minimum atomic E-state index is -0.380. The molecule has 3 N–H and O–H groups in total. The SMILES string of the molecule is Cc1cccc(Nc2ccc(NC(=O)c3ccccc3O)cn2)c1C. The number of anilines is 3. The Hall–Kier alpha value is -3.34. The molecular formula is C20H19N3O2. The quantitative estimate of drug-likeness (QED) is 0.661. The summed E-state index contributed by atoms with van der Waals surface area (Å²) in [6, 6.07) is 16.0. The average molecular weight is 333 g/mol. The van der Waals surface area contributed by atoms with Crippen LogP contribution in [0.3, 0.4) is 0 Å². The molecular weight excluding hydrogens is 314 g/mol. The van der Waals surface area contributed by atoms with E-state index < -0.39 is 0 Å². The highest BCUT2D eigenvalue weighted by Crippen LogP contribution is 2.23. The summed E-state index contributed by atoms with van der Waals surface area (Å²) in [7, 11) is 0. The molecule has 0 aliphatic heterocycles. The Kier molecular flexibility index (Phi) is 4.66. The van der Waals surface area contributed by atoms with Gasteiger partial charge in [-0.2, -0.15) is 0 Å². The van der Waals surface area contributed by atoms with Gasteiger partial charge in [-0.05, 0) is 55.3 Å². The molecule has 0 atom stereocenters. The molecule has 126 valence electrons. The lowest BCUT2D eigenvalue weighted by Crippen LogP contribution is -2.12. The molecule has 0 aliphatic carbocycles. The molecule has 3 rings (SSSR count). The molecule has 1 aromatic heterocycles. The number of phenols is 1. The predicted molar refractivity (Wildman–Crippen MR) is 99.5 cm³/mol. The largest absolute Gasteiger partial charge is 0.507 e. The summed E-state index contributed by atoms with van der Waals surface area (Å²) in [5.41, 5.74) is 4.15. The average Bonchev–Trinajstić information content (AvgIpc) is 2.61. The van der Waals surface area contributed by atoms with Crippen LogP contribution >= 0.6 is 0 Å². The van der Waals surface area contributed by atoms with Gasteiger partial charge in [0.05, 0.1) is 17.4 Å². The lowest BCUT2D eigenvalue weighted by molar-refractivity contribution is 0.102. The van der Waals surface area contributed by atoms with Crippen LogP contribution in [-0.4, -0.2) is 16.0 Å². The van der Waals surface area contributed by atoms with Crippen molar-refractivity contribution in [2.45, 2.75) is 13.8 Å². The fourth-order valence-corrected chi connectivity index (χ4v) is 2.43. The molecule has 0 saturated heterocycles. The van der Waals surface area contributed by atoms with Crippen molar-refractivity contribution in [1.29, 1.82) is 0 Å². The van der Waals surface area contributed by atoms with E-state index in [9.17, 15) is 9.90 Å². The Balaban J connectivity index is 1.71. The number of aromatic hydroxyl groups is 1. The Morgan fingerprint density at radius 1 is 1.00 bits per heavy atom. The number of pyridine rings is 1. The molecule has 0 unspecified atom stereocenters. The molecule has 1 heterocycles. The Morgan fingerprint density at radius 3 is 2.52 bits per heavy atom. The highest BCUT2D eigenvalue weighted by Gasteiger charge is 2.10. The van der Waals surface area contributed by atoms with Gasteiger partial charge in [-0.3, -0.25) is 4.79 Å². The third-order valence-corrected chi connectivity index (χ3v) is 4.04. The normalized spacial score (nSPS) is 10.3. The van der Waals surface area contributed by atoms with Crippen molar-refractivity contribution in [1.82, 2.24) is 4.98 Å². The van der Waals surface area contributed by atoms with Crippen LogP contribution in [0.4, 0.5) is 17.2 Å². The van der Waals surface area contributed by atoms with Gasteiger partial charge in [0.15, 0.2) is 0 Å². The van der Waals surface area contributed by atoms with E-state index in [0.717, 1.165) is 5.69 Å². The minimum Gasteiger partial charge on any atom is -0.507 e. The first-order valence-electron chi connectivity index (χ1n) is 7.93. The van der Waals surface area contributed by atoms with Crippen molar-refractivity contribution in [2.75, 3.05) is 10.6 Å². The fraction of sp³-hybridized carbons (Fsp3) is 0.100. The third-order valence-electron chi connectivity index (χ3n) is 4.04. The maximum atomic E-state index is 12.2. The number of hydrogen-bond acceptors (Lipinski definition) is 4. The van der Waals surface area contributed by atoms with Gasteiger partial charge >= 0.3 is 0 Å². The molecule has 0 bridgehead atoms. The molecule has 3 aromatic rings. The van der Waals surface area contributed by atoms with Crippen molar-refractivity contribution in [2.24, 2.45) is 0 Å². The second kappa shape index (κ2) is 7.05. The van der Waals surface area contributed by atoms with E-state index >= 15 is 0 Å². The summed E-state index contributed by atoms with van der Waals surface area (Å²) in [6.45, 7) is 4.12. The number of amides is 1. The van der Waals surface area contributed by atoms with Gasteiger partial charge in [0.2, 0.25) is 0 Å². The van der Waals surface area contributed by atoms with Crippen LogP contribution in [-0.2, 0) is 0 Å². The molecule has 0 saturated carbocycles. The minimum absolute atomic E-state index is 0.0545. The number of aryl methyl sites for hydroxylation is 1. The standard InChI is InChI=1S/C20H19N3O2/c1-13-6-5-8-17(14(13)2)23-19-11-10-15(12-21-19)22-20(25)16-7-3-4-9-18(16)24/h3-12,24H,1-2H3,(H,21,23)(H,22,25). The molecule has 0 aliphatic rings. The van der Waals surface area contributed by atoms with E-state index in [1.165, 1.54) is 17.2 Å². The first kappa shape index (κ1) is 16.5. The Bertz CT molecular complexity index is 905. The zero-order chi connectivity index (χ0) is 17.8. The molecule has 5 nitrogen and oxygen atoms in total. The highest BCUT2D eigenvalue weighted by atomic mass is 16.3. The Labute approximate surface area is 146 Å². The van der Waals surface area contributed by atoms with Crippen molar-refractivity contribution in [3.63, 3.8) is 0 Å².